The van der Waals surface area contributed by atoms with Gasteiger partial charge in [0.1, 0.15) is 0 Å². The normalized spacial score (nSPS) is 10.2. The van der Waals surface area contributed by atoms with Crippen LogP contribution in [0.15, 0.2) is 18.5 Å². The van der Waals surface area contributed by atoms with Gasteiger partial charge in [0, 0.05) is 26.3 Å². The molecule has 88 valence electrons. The minimum atomic E-state index is -0.0754. The lowest BCUT2D eigenvalue weighted by Gasteiger charge is -2.12. The van der Waals surface area contributed by atoms with Gasteiger partial charge in [0.25, 0.3) is 5.91 Å². The standard InChI is InChI=1S/C11H18N4O/c1-12-10-8-13-5-4-9(10)11(16)14-6-7-15(2)3/h4-5,8,12H,6-7H2,1-3H3,(H,14,16). The van der Waals surface area contributed by atoms with Crippen molar-refractivity contribution in [1.29, 1.82) is 0 Å². The van der Waals surface area contributed by atoms with Gasteiger partial charge in [-0.25, -0.2) is 0 Å². The van der Waals surface area contributed by atoms with Crippen molar-refractivity contribution < 1.29 is 4.79 Å². The molecule has 16 heavy (non-hydrogen) atoms. The van der Waals surface area contributed by atoms with Crippen LogP contribution in [0.3, 0.4) is 0 Å². The summed E-state index contributed by atoms with van der Waals surface area (Å²) in [6.07, 6.45) is 3.25. The predicted molar refractivity (Wildman–Crippen MR) is 64.7 cm³/mol. The molecular weight excluding hydrogens is 204 g/mol. The summed E-state index contributed by atoms with van der Waals surface area (Å²) in [4.78, 5) is 17.8. The van der Waals surface area contributed by atoms with Crippen LogP contribution in [0.5, 0.6) is 0 Å². The first-order chi connectivity index (χ1) is 7.65. The summed E-state index contributed by atoms with van der Waals surface area (Å²) in [6, 6.07) is 1.71. The molecule has 5 heteroatoms. The molecule has 1 amide bonds. The average Bonchev–Trinajstić information content (AvgIpc) is 2.28. The molecule has 5 nitrogen and oxygen atoms in total. The van der Waals surface area contributed by atoms with E-state index in [2.05, 4.69) is 15.6 Å². The number of anilines is 1. The number of aromatic nitrogens is 1. The van der Waals surface area contributed by atoms with Crippen LogP contribution >= 0.6 is 0 Å². The van der Waals surface area contributed by atoms with Gasteiger partial charge in [-0.2, -0.15) is 0 Å². The zero-order chi connectivity index (χ0) is 12.0. The van der Waals surface area contributed by atoms with E-state index in [4.69, 9.17) is 0 Å². The van der Waals surface area contributed by atoms with Crippen LogP contribution < -0.4 is 10.6 Å². The van der Waals surface area contributed by atoms with Crippen LogP contribution in [-0.2, 0) is 0 Å². The summed E-state index contributed by atoms with van der Waals surface area (Å²) >= 11 is 0. The van der Waals surface area contributed by atoms with Crippen LogP contribution in [0, 0.1) is 0 Å². The number of nitrogens with zero attached hydrogens (tertiary/aromatic N) is 2. The molecule has 0 saturated carbocycles. The van der Waals surface area contributed by atoms with Crippen molar-refractivity contribution in [2.45, 2.75) is 0 Å². The maximum absolute atomic E-state index is 11.8. The Morgan fingerprint density at radius 1 is 1.50 bits per heavy atom. The number of rotatable bonds is 5. The first kappa shape index (κ1) is 12.4. The lowest BCUT2D eigenvalue weighted by Crippen LogP contribution is -2.31. The van der Waals surface area contributed by atoms with E-state index in [0.29, 0.717) is 12.1 Å². The second kappa shape index (κ2) is 6.07. The Balaban J connectivity index is 2.59. The van der Waals surface area contributed by atoms with Crippen LogP contribution in [-0.4, -0.2) is 50.0 Å². The highest BCUT2D eigenvalue weighted by Crippen LogP contribution is 2.11. The van der Waals surface area contributed by atoms with Crippen molar-refractivity contribution in [2.75, 3.05) is 39.5 Å². The molecule has 0 saturated heterocycles. The number of carbonyl (C=O) groups is 1. The second-order valence-corrected chi connectivity index (χ2v) is 3.73. The van der Waals surface area contributed by atoms with Gasteiger partial charge in [-0.1, -0.05) is 0 Å². The number of likely N-dealkylation sites (N-methyl/N-ethyl adjacent to an activating group) is 1. The number of pyridine rings is 1. The van der Waals surface area contributed by atoms with Crippen LogP contribution in [0.2, 0.25) is 0 Å². The quantitative estimate of drug-likeness (QED) is 0.758. The van der Waals surface area contributed by atoms with Crippen molar-refractivity contribution in [3.8, 4) is 0 Å². The van der Waals surface area contributed by atoms with E-state index in [9.17, 15) is 4.79 Å². The van der Waals surface area contributed by atoms with Gasteiger partial charge in [0.2, 0.25) is 0 Å². The van der Waals surface area contributed by atoms with Gasteiger partial charge in [0.05, 0.1) is 17.4 Å². The van der Waals surface area contributed by atoms with Crippen LogP contribution in [0.1, 0.15) is 10.4 Å². The summed E-state index contributed by atoms with van der Waals surface area (Å²) in [6.45, 7) is 1.46. The summed E-state index contributed by atoms with van der Waals surface area (Å²) in [5.41, 5.74) is 1.36. The van der Waals surface area contributed by atoms with E-state index in [-0.39, 0.29) is 5.91 Å². The Labute approximate surface area is 95.9 Å². The predicted octanol–water partition coefficient (Wildman–Crippen LogP) is 0.415. The minimum absolute atomic E-state index is 0.0754. The maximum atomic E-state index is 11.8. The first-order valence-electron chi connectivity index (χ1n) is 5.20. The maximum Gasteiger partial charge on any atom is 0.253 e. The third-order valence-corrected chi connectivity index (χ3v) is 2.18. The number of carbonyl (C=O) groups excluding carboxylic acids is 1. The molecule has 0 radical (unpaired) electrons. The van der Waals surface area contributed by atoms with Crippen LogP contribution in [0.4, 0.5) is 5.69 Å². The van der Waals surface area contributed by atoms with E-state index in [1.165, 1.54) is 0 Å². The van der Waals surface area contributed by atoms with E-state index in [1.807, 2.05) is 19.0 Å². The van der Waals surface area contributed by atoms with Gasteiger partial charge in [0.15, 0.2) is 0 Å². The molecule has 1 rings (SSSR count). The molecule has 0 unspecified atom stereocenters. The van der Waals surface area contributed by atoms with Crippen molar-refractivity contribution in [3.05, 3.63) is 24.0 Å². The van der Waals surface area contributed by atoms with Crippen molar-refractivity contribution in [1.82, 2.24) is 15.2 Å². The first-order valence-corrected chi connectivity index (χ1v) is 5.20. The van der Waals surface area contributed by atoms with E-state index < -0.39 is 0 Å². The molecule has 2 N–H and O–H groups in total. The number of hydrogen-bond acceptors (Lipinski definition) is 4. The average molecular weight is 222 g/mol. The monoisotopic (exact) mass is 222 g/mol. The molecule has 0 spiro atoms. The fraction of sp³-hybridized carbons (Fsp3) is 0.455. The second-order valence-electron chi connectivity index (χ2n) is 3.73. The smallest absolute Gasteiger partial charge is 0.253 e. The van der Waals surface area contributed by atoms with Gasteiger partial charge >= 0.3 is 0 Å². The minimum Gasteiger partial charge on any atom is -0.386 e. The van der Waals surface area contributed by atoms with E-state index in [1.54, 1.807) is 25.5 Å². The highest BCUT2D eigenvalue weighted by Gasteiger charge is 2.09. The van der Waals surface area contributed by atoms with E-state index in [0.717, 1.165) is 12.2 Å². The zero-order valence-electron chi connectivity index (χ0n) is 9.95. The highest BCUT2D eigenvalue weighted by molar-refractivity contribution is 5.99. The molecule has 0 fully saturated rings. The summed E-state index contributed by atoms with van der Waals surface area (Å²) in [7, 11) is 5.71. The van der Waals surface area contributed by atoms with Crippen molar-refractivity contribution in [2.24, 2.45) is 0 Å². The highest BCUT2D eigenvalue weighted by atomic mass is 16.1. The summed E-state index contributed by atoms with van der Waals surface area (Å²) in [5, 5.41) is 5.80. The van der Waals surface area contributed by atoms with E-state index >= 15 is 0 Å². The third-order valence-electron chi connectivity index (χ3n) is 2.18. The zero-order valence-corrected chi connectivity index (χ0v) is 9.95. The van der Waals surface area contributed by atoms with Gasteiger partial charge in [-0.15, -0.1) is 0 Å². The van der Waals surface area contributed by atoms with Crippen molar-refractivity contribution >= 4 is 11.6 Å². The topological polar surface area (TPSA) is 57.3 Å². The Bertz CT molecular complexity index is 352. The summed E-state index contributed by atoms with van der Waals surface area (Å²) < 4.78 is 0. The van der Waals surface area contributed by atoms with Gasteiger partial charge < -0.3 is 15.5 Å². The lowest BCUT2D eigenvalue weighted by atomic mass is 10.2. The molecule has 0 bridgehead atoms. The number of amides is 1. The molecule has 0 atom stereocenters. The summed E-state index contributed by atoms with van der Waals surface area (Å²) in [5.74, 6) is -0.0754. The lowest BCUT2D eigenvalue weighted by molar-refractivity contribution is 0.0952. The molecular formula is C11H18N4O. The molecule has 0 aliphatic heterocycles. The largest absolute Gasteiger partial charge is 0.386 e. The van der Waals surface area contributed by atoms with Crippen LogP contribution in [0.25, 0.3) is 0 Å². The Morgan fingerprint density at radius 2 is 2.25 bits per heavy atom. The molecule has 1 aromatic rings. The molecule has 0 aliphatic carbocycles. The van der Waals surface area contributed by atoms with Gasteiger partial charge in [-0.3, -0.25) is 9.78 Å². The SMILES string of the molecule is CNc1cnccc1C(=O)NCCN(C)C. The third kappa shape index (κ3) is 3.51. The molecule has 1 aromatic heterocycles. The Kier molecular flexibility index (Phi) is 4.72. The number of nitrogens with one attached hydrogen (secondary N) is 2. The fourth-order valence-corrected chi connectivity index (χ4v) is 1.28. The Morgan fingerprint density at radius 3 is 2.88 bits per heavy atom. The van der Waals surface area contributed by atoms with Gasteiger partial charge in [-0.05, 0) is 20.2 Å². The fourth-order valence-electron chi connectivity index (χ4n) is 1.28. The molecule has 1 heterocycles. The number of hydrogen-bond donors (Lipinski definition) is 2. The van der Waals surface area contributed by atoms with Crippen molar-refractivity contribution in [3.63, 3.8) is 0 Å². The molecule has 0 aromatic carbocycles. The Hall–Kier alpha value is -1.62. The molecule has 0 aliphatic rings.